The van der Waals surface area contributed by atoms with Gasteiger partial charge in [-0.1, -0.05) is 33.6 Å². The molecule has 0 saturated carbocycles. The van der Waals surface area contributed by atoms with E-state index in [0.29, 0.717) is 12.8 Å². The number of hydrogen-bond donors (Lipinski definition) is 0. The van der Waals surface area contributed by atoms with Crippen molar-refractivity contribution in [1.82, 2.24) is 0 Å². The number of hydrogen-bond acceptors (Lipinski definition) is 9. The number of rotatable bonds is 18. The minimum Gasteiger partial charge on any atom is -0.489 e. The Bertz CT molecular complexity index is 908. The molecule has 37 heavy (non-hydrogen) atoms. The molecule has 11 heteroatoms. The number of esters is 4. The van der Waals surface area contributed by atoms with Crippen molar-refractivity contribution in [3.8, 4) is 0 Å². The molecule has 0 heterocycles. The van der Waals surface area contributed by atoms with Crippen molar-refractivity contribution >= 4 is 23.9 Å². The van der Waals surface area contributed by atoms with Crippen LogP contribution >= 0.6 is 0 Å². The predicted octanol–water partition coefficient (Wildman–Crippen LogP) is 3.15. The fourth-order valence-corrected chi connectivity index (χ4v) is 2.59. The molecular weight excluding hydrogens is 559 g/mol. The Kier molecular flexibility index (Phi) is 18.4. The Morgan fingerprint density at radius 3 is 1.73 bits per heavy atom. The van der Waals surface area contributed by atoms with Crippen LogP contribution in [-0.4, -0.2) is 63.5 Å². The van der Waals surface area contributed by atoms with Crippen LogP contribution in [0.2, 0.25) is 0 Å². The van der Waals surface area contributed by atoms with E-state index in [-0.39, 0.29) is 77.9 Å². The van der Waals surface area contributed by atoms with Gasteiger partial charge in [-0.2, -0.15) is 0 Å². The molecule has 0 aromatic carbocycles. The first kappa shape index (κ1) is 36.6. The standard InChI is InChI=1S/C26H34NO9.Y/c1-9-21(28)33-15-25(11-3,17-35-23(30)19(5)6)13-32-14-26(12-4,16-34-22(29)10-2)18-36-24(31)20(7)27-8;/h10H,1-2,5,7,11-18H2,3-4,6H3;/q-1;. The van der Waals surface area contributed by atoms with Crippen molar-refractivity contribution in [2.45, 2.75) is 33.6 Å². The van der Waals surface area contributed by atoms with E-state index in [2.05, 4.69) is 37.2 Å². The number of nitrogens with zero attached hydrogens (tertiary/aromatic N) is 1. The Balaban J connectivity index is 0. The Morgan fingerprint density at radius 2 is 1.32 bits per heavy atom. The zero-order valence-electron chi connectivity index (χ0n) is 21.8. The molecule has 0 amide bonds. The molecule has 0 saturated heterocycles. The van der Waals surface area contributed by atoms with Gasteiger partial charge in [0.15, 0.2) is 0 Å². The number of ether oxygens (including phenoxy) is 5. The van der Waals surface area contributed by atoms with Crippen LogP contribution in [0, 0.1) is 23.5 Å². The molecule has 0 N–H and O–H groups in total. The quantitative estimate of drug-likeness (QED) is 0.102. The van der Waals surface area contributed by atoms with Crippen LogP contribution in [0.4, 0.5) is 0 Å². The molecule has 2 atom stereocenters. The van der Waals surface area contributed by atoms with Gasteiger partial charge in [0, 0.05) is 44.4 Å². The van der Waals surface area contributed by atoms with Gasteiger partial charge in [-0.25, -0.2) is 14.4 Å². The summed E-state index contributed by atoms with van der Waals surface area (Å²) in [6.07, 6.45) is 3.85. The molecule has 0 aromatic heterocycles. The normalized spacial score (nSPS) is 13.1. The van der Waals surface area contributed by atoms with Crippen molar-refractivity contribution in [2.24, 2.45) is 10.8 Å². The summed E-state index contributed by atoms with van der Waals surface area (Å²) in [5.74, 6) is -2.96. The molecule has 0 rings (SSSR count). The van der Waals surface area contributed by atoms with E-state index in [0.717, 1.165) is 6.08 Å². The Hall–Kier alpha value is -2.61. The van der Waals surface area contributed by atoms with Gasteiger partial charge in [-0.05, 0) is 19.8 Å². The van der Waals surface area contributed by atoms with Crippen LogP contribution in [0.3, 0.4) is 0 Å². The average Bonchev–Trinajstić information content (AvgIpc) is 2.89. The first-order valence-electron chi connectivity index (χ1n) is 11.1. The molecule has 0 aliphatic carbocycles. The fraction of sp³-hybridized carbons (Fsp3) is 0.500. The second-order valence-electron chi connectivity index (χ2n) is 8.26. The van der Waals surface area contributed by atoms with E-state index < -0.39 is 40.4 Å². The van der Waals surface area contributed by atoms with Gasteiger partial charge in [-0.15, -0.1) is 0 Å². The van der Waals surface area contributed by atoms with E-state index in [4.69, 9.17) is 30.3 Å². The molecular formula is C26H34NO9Y-. The third-order valence-corrected chi connectivity index (χ3v) is 5.40. The first-order valence-corrected chi connectivity index (χ1v) is 11.1. The van der Waals surface area contributed by atoms with Gasteiger partial charge in [0.1, 0.15) is 25.8 Å². The summed E-state index contributed by atoms with van der Waals surface area (Å²) in [6, 6.07) is 0. The second kappa shape index (κ2) is 18.6. The summed E-state index contributed by atoms with van der Waals surface area (Å²) < 4.78 is 26.8. The van der Waals surface area contributed by atoms with Crippen LogP contribution in [-0.2, 0) is 75.6 Å². The van der Waals surface area contributed by atoms with Crippen LogP contribution in [0.1, 0.15) is 33.6 Å². The molecule has 0 aromatic rings. The Morgan fingerprint density at radius 1 is 0.865 bits per heavy atom. The molecule has 0 bridgehead atoms. The van der Waals surface area contributed by atoms with Gasteiger partial charge in [-0.3, -0.25) is 16.2 Å². The topological polar surface area (TPSA) is 119 Å². The van der Waals surface area contributed by atoms with E-state index in [1.807, 2.05) is 0 Å². The summed E-state index contributed by atoms with van der Waals surface area (Å²) in [5.41, 5.74) is -2.09. The first-order chi connectivity index (χ1) is 16.9. The van der Waals surface area contributed by atoms with E-state index in [9.17, 15) is 19.2 Å². The summed E-state index contributed by atoms with van der Waals surface area (Å²) in [7, 11) is 0. The number of carbonyl (C=O) groups is 4. The van der Waals surface area contributed by atoms with E-state index in [1.165, 1.54) is 6.92 Å². The van der Waals surface area contributed by atoms with E-state index >= 15 is 0 Å². The van der Waals surface area contributed by atoms with Gasteiger partial charge in [0.05, 0.1) is 37.2 Å². The third kappa shape index (κ3) is 13.5. The molecule has 1 radical (unpaired) electrons. The monoisotopic (exact) mass is 593 g/mol. The molecule has 0 aliphatic rings. The smallest absolute Gasteiger partial charge is 0.335 e. The Labute approximate surface area is 243 Å². The SMILES string of the molecule is [C-]#[N+]C(=C)C(=O)OCC(CC)(COCC(CC)(COC(=O)[C-]=C)COC(=O)C(=C)C)COC(=O)C=C.[Y]. The zero-order chi connectivity index (χ0) is 27.8. The van der Waals surface area contributed by atoms with Gasteiger partial charge >= 0.3 is 17.9 Å². The maximum Gasteiger partial charge on any atom is 0.335 e. The predicted molar refractivity (Wildman–Crippen MR) is 130 cm³/mol. The van der Waals surface area contributed by atoms with Gasteiger partial charge in [0.2, 0.25) is 0 Å². The van der Waals surface area contributed by atoms with E-state index in [1.54, 1.807) is 13.8 Å². The minimum atomic E-state index is -0.976. The van der Waals surface area contributed by atoms with Gasteiger partial charge in [0.25, 0.3) is 5.70 Å². The largest absolute Gasteiger partial charge is 0.489 e. The van der Waals surface area contributed by atoms with Gasteiger partial charge < -0.3 is 29.8 Å². The van der Waals surface area contributed by atoms with Crippen molar-refractivity contribution in [3.05, 3.63) is 61.2 Å². The van der Waals surface area contributed by atoms with Crippen LogP contribution < -0.4 is 0 Å². The average molecular weight is 593 g/mol. The second-order valence-corrected chi connectivity index (χ2v) is 8.26. The van der Waals surface area contributed by atoms with Crippen LogP contribution in [0.5, 0.6) is 0 Å². The molecule has 0 spiro atoms. The van der Waals surface area contributed by atoms with Crippen molar-refractivity contribution in [3.63, 3.8) is 0 Å². The van der Waals surface area contributed by atoms with Crippen molar-refractivity contribution < 1.29 is 75.6 Å². The summed E-state index contributed by atoms with van der Waals surface area (Å²) in [4.78, 5) is 50.2. The summed E-state index contributed by atoms with van der Waals surface area (Å²) >= 11 is 0. The molecule has 0 fully saturated rings. The minimum absolute atomic E-state index is 0. The van der Waals surface area contributed by atoms with Crippen molar-refractivity contribution in [2.75, 3.05) is 39.6 Å². The molecule has 201 valence electrons. The number of carbonyl (C=O) groups excluding carboxylic acids is 4. The van der Waals surface area contributed by atoms with Crippen LogP contribution in [0.15, 0.2) is 43.7 Å². The maximum atomic E-state index is 12.0. The summed E-state index contributed by atoms with van der Waals surface area (Å²) in [5, 5.41) is 0. The maximum absolute atomic E-state index is 12.0. The fourth-order valence-electron chi connectivity index (χ4n) is 2.59. The summed E-state index contributed by atoms with van der Waals surface area (Å²) in [6.45, 7) is 24.7. The molecule has 2 unspecified atom stereocenters. The van der Waals surface area contributed by atoms with Crippen molar-refractivity contribution in [1.29, 1.82) is 0 Å². The van der Waals surface area contributed by atoms with Crippen LogP contribution in [0.25, 0.3) is 4.85 Å². The molecule has 10 nitrogen and oxygen atoms in total. The zero-order valence-corrected chi connectivity index (χ0v) is 24.6. The third-order valence-electron chi connectivity index (χ3n) is 5.40. The molecule has 0 aliphatic heterocycles.